The highest BCUT2D eigenvalue weighted by atomic mass is 19.1. The molecule has 7 nitrogen and oxygen atoms in total. The maximum Gasteiger partial charge on any atom is 0.201 e. The van der Waals surface area contributed by atoms with Gasteiger partial charge in [0.05, 0.1) is 22.2 Å². The number of carbonyl (C=O) groups is 1. The van der Waals surface area contributed by atoms with Crippen LogP contribution in [0, 0.1) is 11.6 Å². The zero-order valence-electron chi connectivity index (χ0n) is 14.2. The number of hydrogen-bond acceptors (Lipinski definition) is 6. The molecule has 0 saturated carbocycles. The minimum absolute atomic E-state index is 0.0262. The van der Waals surface area contributed by atoms with E-state index in [-0.39, 0.29) is 28.2 Å². The molecular formula is C19H13F2N5O2. The molecule has 4 rings (SSSR count). The van der Waals surface area contributed by atoms with E-state index in [1.54, 1.807) is 12.1 Å². The molecule has 0 radical (unpaired) electrons. The summed E-state index contributed by atoms with van der Waals surface area (Å²) < 4.78 is 28.5. The third-order valence-corrected chi connectivity index (χ3v) is 4.17. The van der Waals surface area contributed by atoms with Gasteiger partial charge in [-0.3, -0.25) is 4.79 Å². The fourth-order valence-corrected chi connectivity index (χ4v) is 2.87. The summed E-state index contributed by atoms with van der Waals surface area (Å²) in [7, 11) is 0. The van der Waals surface area contributed by atoms with Crippen molar-refractivity contribution in [2.24, 2.45) is 0 Å². The van der Waals surface area contributed by atoms with Crippen LogP contribution in [0.2, 0.25) is 0 Å². The highest BCUT2D eigenvalue weighted by molar-refractivity contribution is 6.18. The van der Waals surface area contributed by atoms with Gasteiger partial charge in [0.15, 0.2) is 5.82 Å². The number of fused-ring (bicyclic) bond motifs is 1. The van der Waals surface area contributed by atoms with Crippen molar-refractivity contribution in [2.45, 2.75) is 0 Å². The van der Waals surface area contributed by atoms with Gasteiger partial charge in [0, 0.05) is 18.0 Å². The number of aromatic nitrogens is 3. The van der Waals surface area contributed by atoms with Crippen molar-refractivity contribution in [1.29, 1.82) is 0 Å². The number of rotatable bonds is 4. The highest BCUT2D eigenvalue weighted by Crippen LogP contribution is 2.30. The number of phenolic OH excluding ortho intramolecular Hbond substituents is 1. The number of nitrogen functional groups attached to an aromatic ring is 1. The molecule has 0 bridgehead atoms. The molecule has 0 aliphatic carbocycles. The Labute approximate surface area is 156 Å². The van der Waals surface area contributed by atoms with Gasteiger partial charge in [0.25, 0.3) is 0 Å². The lowest BCUT2D eigenvalue weighted by Crippen LogP contribution is -2.10. The average Bonchev–Trinajstić information content (AvgIpc) is 3.10. The second kappa shape index (κ2) is 6.62. The van der Waals surface area contributed by atoms with Crippen molar-refractivity contribution in [2.75, 3.05) is 11.1 Å². The van der Waals surface area contributed by atoms with Gasteiger partial charge in [-0.2, -0.15) is 0 Å². The minimum atomic E-state index is -1.13. The van der Waals surface area contributed by atoms with E-state index in [9.17, 15) is 18.7 Å². The van der Waals surface area contributed by atoms with Gasteiger partial charge >= 0.3 is 0 Å². The van der Waals surface area contributed by atoms with Gasteiger partial charge < -0.3 is 21.1 Å². The van der Waals surface area contributed by atoms with Crippen LogP contribution in [0.5, 0.6) is 5.75 Å². The Balaban J connectivity index is 1.85. The number of anilines is 3. The summed E-state index contributed by atoms with van der Waals surface area (Å²) >= 11 is 0. The van der Waals surface area contributed by atoms with E-state index < -0.39 is 23.0 Å². The molecule has 2 aromatic carbocycles. The number of halogens is 2. The number of H-pyrrole nitrogens is 1. The largest absolute Gasteiger partial charge is 0.508 e. The van der Waals surface area contributed by atoms with E-state index in [1.807, 2.05) is 0 Å². The van der Waals surface area contributed by atoms with Crippen LogP contribution in [-0.4, -0.2) is 25.8 Å². The Morgan fingerprint density at radius 2 is 2.00 bits per heavy atom. The molecule has 0 aliphatic heterocycles. The standard InChI is InChI=1S/C19H13F2N5O2/c20-12-4-5-13(22)16(21)15(12)17(28)11-7-23-18-14(11)19(25-8-24-18)26-9-2-1-3-10(27)6-9/h1-8,27H,22H2,(H2,23,24,25,26). The quantitative estimate of drug-likeness (QED) is 0.318. The molecule has 0 fully saturated rings. The number of nitrogens with two attached hydrogens (primary N) is 1. The van der Waals surface area contributed by atoms with Crippen LogP contribution >= 0.6 is 0 Å². The summed E-state index contributed by atoms with van der Waals surface area (Å²) in [6.07, 6.45) is 2.57. The number of phenols is 1. The molecular weight excluding hydrogens is 368 g/mol. The van der Waals surface area contributed by atoms with Gasteiger partial charge in [-0.15, -0.1) is 0 Å². The maximum atomic E-state index is 14.3. The van der Waals surface area contributed by atoms with Crippen molar-refractivity contribution < 1.29 is 18.7 Å². The Morgan fingerprint density at radius 3 is 2.79 bits per heavy atom. The van der Waals surface area contributed by atoms with Crippen LogP contribution in [0.15, 0.2) is 48.9 Å². The Kier molecular flexibility index (Phi) is 4.11. The van der Waals surface area contributed by atoms with Crippen LogP contribution in [0.1, 0.15) is 15.9 Å². The Hall–Kier alpha value is -4.01. The van der Waals surface area contributed by atoms with Crippen molar-refractivity contribution in [3.05, 3.63) is 71.7 Å². The molecule has 4 aromatic rings. The van der Waals surface area contributed by atoms with Crippen LogP contribution in [0.25, 0.3) is 11.0 Å². The van der Waals surface area contributed by atoms with Gasteiger partial charge in [-0.1, -0.05) is 6.07 Å². The summed E-state index contributed by atoms with van der Waals surface area (Å²) in [6.45, 7) is 0. The molecule has 0 atom stereocenters. The summed E-state index contributed by atoms with van der Waals surface area (Å²) in [5.74, 6) is -2.79. The molecule has 0 unspecified atom stereocenters. The SMILES string of the molecule is Nc1ccc(F)c(C(=O)c2c[nH]c3ncnc(Nc4cccc(O)c4)c23)c1F. The third kappa shape index (κ3) is 2.88. The average molecular weight is 381 g/mol. The molecule has 0 saturated heterocycles. The fraction of sp³-hybridized carbons (Fsp3) is 0. The monoisotopic (exact) mass is 381 g/mol. The van der Waals surface area contributed by atoms with Gasteiger partial charge in [0.2, 0.25) is 5.78 Å². The first kappa shape index (κ1) is 17.4. The lowest BCUT2D eigenvalue weighted by molar-refractivity contribution is 0.103. The third-order valence-electron chi connectivity index (χ3n) is 4.17. The van der Waals surface area contributed by atoms with E-state index in [4.69, 9.17) is 5.73 Å². The van der Waals surface area contributed by atoms with Gasteiger partial charge in [-0.05, 0) is 24.3 Å². The van der Waals surface area contributed by atoms with Crippen molar-refractivity contribution >= 4 is 34.0 Å². The number of aromatic hydroxyl groups is 1. The molecule has 5 N–H and O–H groups in total. The number of benzene rings is 2. The van der Waals surface area contributed by atoms with Gasteiger partial charge in [-0.25, -0.2) is 18.7 Å². The summed E-state index contributed by atoms with van der Waals surface area (Å²) in [5, 5.41) is 12.8. The molecule has 0 spiro atoms. The van der Waals surface area contributed by atoms with Crippen LogP contribution in [0.3, 0.4) is 0 Å². The number of nitrogens with zero attached hydrogens (tertiary/aromatic N) is 2. The Morgan fingerprint density at radius 1 is 1.18 bits per heavy atom. The van der Waals surface area contributed by atoms with E-state index in [0.29, 0.717) is 11.3 Å². The number of aromatic amines is 1. The number of nitrogens with one attached hydrogen (secondary N) is 2. The highest BCUT2D eigenvalue weighted by Gasteiger charge is 2.25. The topological polar surface area (TPSA) is 117 Å². The predicted octanol–water partition coefficient (Wildman–Crippen LogP) is 3.50. The lowest BCUT2D eigenvalue weighted by Gasteiger charge is -2.09. The number of ketones is 1. The van der Waals surface area contributed by atoms with E-state index >= 15 is 0 Å². The normalized spacial score (nSPS) is 10.9. The molecule has 0 aliphatic rings. The van der Waals surface area contributed by atoms with E-state index in [2.05, 4.69) is 20.3 Å². The van der Waals surface area contributed by atoms with Crippen molar-refractivity contribution in [3.8, 4) is 5.75 Å². The van der Waals surface area contributed by atoms with Crippen molar-refractivity contribution in [3.63, 3.8) is 0 Å². The molecule has 28 heavy (non-hydrogen) atoms. The minimum Gasteiger partial charge on any atom is -0.508 e. The zero-order valence-corrected chi connectivity index (χ0v) is 14.2. The van der Waals surface area contributed by atoms with Crippen LogP contribution < -0.4 is 11.1 Å². The second-order valence-electron chi connectivity index (χ2n) is 5.98. The van der Waals surface area contributed by atoms with Gasteiger partial charge in [0.1, 0.15) is 29.4 Å². The van der Waals surface area contributed by atoms with Crippen LogP contribution in [0.4, 0.5) is 26.0 Å². The summed E-state index contributed by atoms with van der Waals surface area (Å²) in [5.41, 5.74) is 5.16. The molecule has 2 aromatic heterocycles. The summed E-state index contributed by atoms with van der Waals surface area (Å²) in [4.78, 5) is 23.8. The maximum absolute atomic E-state index is 14.3. The van der Waals surface area contributed by atoms with E-state index in [1.165, 1.54) is 24.7 Å². The summed E-state index contributed by atoms with van der Waals surface area (Å²) in [6, 6.07) is 8.24. The first-order valence-electron chi connectivity index (χ1n) is 8.12. The van der Waals surface area contributed by atoms with Crippen LogP contribution in [-0.2, 0) is 0 Å². The molecule has 140 valence electrons. The van der Waals surface area contributed by atoms with E-state index in [0.717, 1.165) is 12.1 Å². The first-order valence-corrected chi connectivity index (χ1v) is 8.12. The second-order valence-corrected chi connectivity index (χ2v) is 5.98. The first-order chi connectivity index (χ1) is 13.5. The predicted molar refractivity (Wildman–Crippen MR) is 99.5 cm³/mol. The number of carbonyl (C=O) groups excluding carboxylic acids is 1. The zero-order chi connectivity index (χ0) is 19.8. The number of hydrogen-bond donors (Lipinski definition) is 4. The Bertz CT molecular complexity index is 1220. The molecule has 0 amide bonds. The van der Waals surface area contributed by atoms with Crippen molar-refractivity contribution in [1.82, 2.24) is 15.0 Å². The fourth-order valence-electron chi connectivity index (χ4n) is 2.87. The smallest absolute Gasteiger partial charge is 0.201 e. The molecule has 2 heterocycles. The lowest BCUT2D eigenvalue weighted by atomic mass is 10.0. The molecule has 9 heteroatoms.